The van der Waals surface area contributed by atoms with Crippen LogP contribution in [0.2, 0.25) is 0 Å². The fourth-order valence-corrected chi connectivity index (χ4v) is 3.60. The van der Waals surface area contributed by atoms with Gasteiger partial charge in [-0.3, -0.25) is 9.59 Å². The Balaban J connectivity index is 1.91. The Kier molecular flexibility index (Phi) is 6.87. The van der Waals surface area contributed by atoms with E-state index < -0.39 is 40.4 Å². The summed E-state index contributed by atoms with van der Waals surface area (Å²) >= 11 is 0. The number of halogens is 1. The molecular formula is C19H21FN2O5S. The number of amides is 1. The standard InChI is InChI=1S/C19H21FN2O5S/c1-12-5-4-6-13(2)18(12)21-17(23)11-27-19(24)14(3)22-28(25,26)16-9-7-15(20)8-10-16/h4-10,14,22H,11H2,1-3H3,(H,21,23)/t14-/m0/s1. The van der Waals surface area contributed by atoms with Crippen LogP contribution in [0.3, 0.4) is 0 Å². The molecule has 0 spiro atoms. The number of nitrogens with one attached hydrogen (secondary N) is 2. The zero-order valence-electron chi connectivity index (χ0n) is 15.7. The predicted octanol–water partition coefficient (Wildman–Crippen LogP) is 2.29. The fourth-order valence-electron chi connectivity index (χ4n) is 2.41. The smallest absolute Gasteiger partial charge is 0.324 e. The normalized spacial score (nSPS) is 12.3. The molecule has 2 aromatic rings. The van der Waals surface area contributed by atoms with Gasteiger partial charge in [0.25, 0.3) is 5.91 Å². The van der Waals surface area contributed by atoms with E-state index in [1.165, 1.54) is 6.92 Å². The molecule has 0 aromatic heterocycles. The van der Waals surface area contributed by atoms with Gasteiger partial charge < -0.3 is 10.1 Å². The summed E-state index contributed by atoms with van der Waals surface area (Å²) in [5, 5.41) is 2.66. The average molecular weight is 408 g/mol. The summed E-state index contributed by atoms with van der Waals surface area (Å²) in [4.78, 5) is 23.8. The summed E-state index contributed by atoms with van der Waals surface area (Å²) in [5.41, 5.74) is 2.36. The predicted molar refractivity (Wildman–Crippen MR) is 102 cm³/mol. The molecule has 150 valence electrons. The lowest BCUT2D eigenvalue weighted by atomic mass is 10.1. The molecular weight excluding hydrogens is 387 g/mol. The van der Waals surface area contributed by atoms with Gasteiger partial charge in [-0.25, -0.2) is 12.8 Å². The number of hydrogen-bond acceptors (Lipinski definition) is 5. The largest absolute Gasteiger partial charge is 0.454 e. The summed E-state index contributed by atoms with van der Waals surface area (Å²) in [5.74, 6) is -2.04. The van der Waals surface area contributed by atoms with E-state index in [9.17, 15) is 22.4 Å². The number of benzene rings is 2. The third-order valence-corrected chi connectivity index (χ3v) is 5.46. The van der Waals surface area contributed by atoms with Crippen molar-refractivity contribution in [3.63, 3.8) is 0 Å². The highest BCUT2D eigenvalue weighted by Crippen LogP contribution is 2.19. The SMILES string of the molecule is Cc1cccc(C)c1NC(=O)COC(=O)[C@H](C)NS(=O)(=O)c1ccc(F)cc1. The van der Waals surface area contributed by atoms with Gasteiger partial charge >= 0.3 is 5.97 Å². The second kappa shape index (κ2) is 8.94. The lowest BCUT2D eigenvalue weighted by Gasteiger charge is -2.15. The second-order valence-corrected chi connectivity index (χ2v) is 7.93. The number of hydrogen-bond donors (Lipinski definition) is 2. The molecule has 1 atom stereocenters. The maximum absolute atomic E-state index is 12.9. The van der Waals surface area contributed by atoms with Crippen molar-refractivity contribution in [1.29, 1.82) is 0 Å². The highest BCUT2D eigenvalue weighted by Gasteiger charge is 2.24. The summed E-state index contributed by atoms with van der Waals surface area (Å²) in [6.45, 7) is 4.39. The molecule has 0 unspecified atom stereocenters. The first-order chi connectivity index (χ1) is 13.1. The minimum absolute atomic E-state index is 0.193. The first-order valence-electron chi connectivity index (χ1n) is 8.41. The van der Waals surface area contributed by atoms with Crippen LogP contribution in [0, 0.1) is 19.7 Å². The first kappa shape index (κ1) is 21.5. The van der Waals surface area contributed by atoms with Crippen molar-refractivity contribution in [3.05, 3.63) is 59.4 Å². The quantitative estimate of drug-likeness (QED) is 0.685. The number of esters is 1. The molecule has 2 N–H and O–H groups in total. The van der Waals surface area contributed by atoms with E-state index in [4.69, 9.17) is 4.74 Å². The lowest BCUT2D eigenvalue weighted by Crippen LogP contribution is -2.40. The van der Waals surface area contributed by atoms with Crippen LogP contribution in [0.5, 0.6) is 0 Å². The minimum Gasteiger partial charge on any atom is -0.454 e. The van der Waals surface area contributed by atoms with Crippen molar-refractivity contribution in [2.45, 2.75) is 31.7 Å². The van der Waals surface area contributed by atoms with Gasteiger partial charge in [0.15, 0.2) is 6.61 Å². The molecule has 0 aliphatic rings. The first-order valence-corrected chi connectivity index (χ1v) is 9.89. The summed E-state index contributed by atoms with van der Waals surface area (Å²) in [6, 6.07) is 8.44. The molecule has 0 heterocycles. The number of rotatable bonds is 7. The molecule has 0 saturated carbocycles. The van der Waals surface area contributed by atoms with Crippen molar-refractivity contribution in [3.8, 4) is 0 Å². The number of para-hydroxylation sites is 1. The molecule has 1 amide bonds. The van der Waals surface area contributed by atoms with Gasteiger partial charge in [0.1, 0.15) is 11.9 Å². The van der Waals surface area contributed by atoms with Crippen LogP contribution in [-0.4, -0.2) is 32.9 Å². The molecule has 2 aromatic carbocycles. The maximum Gasteiger partial charge on any atom is 0.324 e. The third-order valence-electron chi connectivity index (χ3n) is 3.90. The number of anilines is 1. The van der Waals surface area contributed by atoms with E-state index in [0.717, 1.165) is 35.4 Å². The maximum atomic E-state index is 12.9. The zero-order valence-corrected chi connectivity index (χ0v) is 16.5. The molecule has 0 bridgehead atoms. The van der Waals surface area contributed by atoms with Crippen LogP contribution in [-0.2, 0) is 24.3 Å². The van der Waals surface area contributed by atoms with Crippen molar-refractivity contribution >= 4 is 27.6 Å². The van der Waals surface area contributed by atoms with Gasteiger partial charge in [-0.1, -0.05) is 18.2 Å². The molecule has 0 saturated heterocycles. The van der Waals surface area contributed by atoms with E-state index in [1.807, 2.05) is 32.0 Å². The molecule has 28 heavy (non-hydrogen) atoms. The van der Waals surface area contributed by atoms with Crippen LogP contribution in [0.25, 0.3) is 0 Å². The Labute approximate surface area is 163 Å². The van der Waals surface area contributed by atoms with Crippen molar-refractivity contribution < 1.29 is 27.1 Å². The van der Waals surface area contributed by atoms with Crippen LogP contribution < -0.4 is 10.0 Å². The Bertz CT molecular complexity index is 954. The highest BCUT2D eigenvalue weighted by atomic mass is 32.2. The van der Waals surface area contributed by atoms with E-state index in [1.54, 1.807) is 0 Å². The molecule has 7 nitrogen and oxygen atoms in total. The monoisotopic (exact) mass is 408 g/mol. The van der Waals surface area contributed by atoms with Gasteiger partial charge in [0, 0.05) is 5.69 Å². The Morgan fingerprint density at radius 2 is 1.64 bits per heavy atom. The minimum atomic E-state index is -4.04. The van der Waals surface area contributed by atoms with Crippen LogP contribution in [0.15, 0.2) is 47.4 Å². The Morgan fingerprint density at radius 3 is 2.21 bits per heavy atom. The Morgan fingerprint density at radius 1 is 1.07 bits per heavy atom. The van der Waals surface area contributed by atoms with Gasteiger partial charge in [-0.05, 0) is 56.2 Å². The van der Waals surface area contributed by atoms with Crippen molar-refractivity contribution in [1.82, 2.24) is 4.72 Å². The third kappa shape index (κ3) is 5.61. The summed E-state index contributed by atoms with van der Waals surface area (Å²) in [6.07, 6.45) is 0. The molecule has 0 aliphatic carbocycles. The number of aryl methyl sites for hydroxylation is 2. The number of carbonyl (C=O) groups is 2. The van der Waals surface area contributed by atoms with Crippen molar-refractivity contribution in [2.24, 2.45) is 0 Å². The molecule has 0 radical (unpaired) electrons. The van der Waals surface area contributed by atoms with Crippen LogP contribution in [0.1, 0.15) is 18.1 Å². The van der Waals surface area contributed by atoms with E-state index in [-0.39, 0.29) is 4.90 Å². The number of ether oxygens (including phenoxy) is 1. The van der Waals surface area contributed by atoms with Gasteiger partial charge in [-0.2, -0.15) is 4.72 Å². The van der Waals surface area contributed by atoms with Crippen LogP contribution in [0.4, 0.5) is 10.1 Å². The fraction of sp³-hybridized carbons (Fsp3) is 0.263. The molecule has 0 aliphatic heterocycles. The van der Waals surface area contributed by atoms with Crippen molar-refractivity contribution in [2.75, 3.05) is 11.9 Å². The van der Waals surface area contributed by atoms with Gasteiger partial charge in [-0.15, -0.1) is 0 Å². The number of sulfonamides is 1. The topological polar surface area (TPSA) is 102 Å². The molecule has 9 heteroatoms. The average Bonchev–Trinajstić information content (AvgIpc) is 2.62. The Hall–Kier alpha value is -2.78. The molecule has 0 fully saturated rings. The van der Waals surface area contributed by atoms with E-state index in [0.29, 0.717) is 5.69 Å². The summed E-state index contributed by atoms with van der Waals surface area (Å²) in [7, 11) is -4.04. The van der Waals surface area contributed by atoms with E-state index in [2.05, 4.69) is 10.0 Å². The van der Waals surface area contributed by atoms with Crippen LogP contribution >= 0.6 is 0 Å². The lowest BCUT2D eigenvalue weighted by molar-refractivity contribution is -0.148. The highest BCUT2D eigenvalue weighted by molar-refractivity contribution is 7.89. The van der Waals surface area contributed by atoms with E-state index >= 15 is 0 Å². The van der Waals surface area contributed by atoms with Gasteiger partial charge in [0.05, 0.1) is 4.90 Å². The zero-order chi connectivity index (χ0) is 20.9. The van der Waals surface area contributed by atoms with Gasteiger partial charge in [0.2, 0.25) is 10.0 Å². The summed E-state index contributed by atoms with van der Waals surface area (Å²) < 4.78 is 44.3. The molecule has 2 rings (SSSR count). The number of carbonyl (C=O) groups excluding carboxylic acids is 2. The second-order valence-electron chi connectivity index (χ2n) is 6.22.